The van der Waals surface area contributed by atoms with Gasteiger partial charge in [-0.25, -0.2) is 18.0 Å². The number of alkyl halides is 15. The third-order valence-corrected chi connectivity index (χ3v) is 4.38. The maximum absolute atomic E-state index is 13.7. The van der Waals surface area contributed by atoms with E-state index in [1.54, 1.807) is 0 Å². The van der Waals surface area contributed by atoms with Crippen LogP contribution in [-0.4, -0.2) is 49.6 Å². The number of aliphatic carboxylic acids is 1. The number of carboxylic acid groups (broad SMARTS) is 1. The Kier molecular flexibility index (Phi) is 6.16. The molecule has 0 heterocycles. The van der Waals surface area contributed by atoms with Crippen LogP contribution in [0.25, 0.3) is 0 Å². The molecule has 0 amide bonds. The second-order valence-electron chi connectivity index (χ2n) is 4.25. The number of hydrogen-bond acceptors (Lipinski definition) is 1. The highest BCUT2D eigenvalue weighted by atomic mass is 35.5. The summed E-state index contributed by atoms with van der Waals surface area (Å²) >= 11 is 15.4. The van der Waals surface area contributed by atoms with E-state index in [4.69, 9.17) is 5.11 Å². The average Bonchev–Trinajstić information content (AvgIpc) is 2.35. The predicted octanol–water partition coefficient (Wildman–Crippen LogP) is 5.52. The molecule has 0 saturated carbocycles. The first kappa shape index (κ1) is 24.9. The normalized spacial score (nSPS) is 21.9. The molecule has 0 aromatic carbocycles. The summed E-state index contributed by atoms with van der Waals surface area (Å²) in [5, 5.41) is -17.9. The Morgan fingerprint density at radius 3 is 1.12 bits per heavy atom. The van der Waals surface area contributed by atoms with Crippen molar-refractivity contribution < 1.29 is 58.2 Å². The second-order valence-corrected chi connectivity index (χ2v) is 6.29. The van der Waals surface area contributed by atoms with Gasteiger partial charge in [-0.3, -0.25) is 0 Å². The summed E-state index contributed by atoms with van der Waals surface area (Å²) in [7, 11) is 0. The lowest BCUT2D eigenvalue weighted by atomic mass is 9.94. The standard InChI is InChI=1S/C8HCl4F11O2/c9-3(15,2(13,14)1(24)25)6(18,19)4(10,16)7(20,21)5(11,17)8(12,22)23/h(H,24,25)/t3-,4+,5+/m1/s1. The van der Waals surface area contributed by atoms with Crippen LogP contribution < -0.4 is 0 Å². The Hall–Kier alpha value is -0.140. The minimum atomic E-state index is -7.23. The van der Waals surface area contributed by atoms with E-state index in [9.17, 15) is 53.1 Å². The fourth-order valence-corrected chi connectivity index (χ4v) is 1.92. The Bertz CT molecular complexity index is 543. The second kappa shape index (κ2) is 6.20. The van der Waals surface area contributed by atoms with Gasteiger partial charge in [-0.1, -0.05) is 34.8 Å². The van der Waals surface area contributed by atoms with Crippen LogP contribution in [0, 0.1) is 0 Å². The van der Waals surface area contributed by atoms with Crippen molar-refractivity contribution in [1.29, 1.82) is 0 Å². The zero-order valence-corrected chi connectivity index (χ0v) is 13.5. The molecule has 0 aromatic rings. The van der Waals surface area contributed by atoms with Gasteiger partial charge in [0.1, 0.15) is 0 Å². The van der Waals surface area contributed by atoms with Crippen LogP contribution in [0.15, 0.2) is 0 Å². The van der Waals surface area contributed by atoms with Crippen molar-refractivity contribution in [3.63, 3.8) is 0 Å². The van der Waals surface area contributed by atoms with Gasteiger partial charge in [-0.15, -0.1) is 0 Å². The first-order chi connectivity index (χ1) is 10.4. The van der Waals surface area contributed by atoms with Gasteiger partial charge in [0, 0.05) is 0 Å². The van der Waals surface area contributed by atoms with Crippen molar-refractivity contribution in [2.45, 2.75) is 38.5 Å². The van der Waals surface area contributed by atoms with Crippen LogP contribution in [0.1, 0.15) is 0 Å². The fraction of sp³-hybridized carbons (Fsp3) is 0.875. The number of carboxylic acids is 1. The minimum Gasteiger partial charge on any atom is -0.477 e. The van der Waals surface area contributed by atoms with Crippen molar-refractivity contribution in [2.75, 3.05) is 0 Å². The molecule has 17 heteroatoms. The average molecular weight is 480 g/mol. The molecule has 0 bridgehead atoms. The molecule has 0 radical (unpaired) electrons. The molecular formula is C8HCl4F11O2. The zero-order chi connectivity index (χ0) is 21.1. The lowest BCUT2D eigenvalue weighted by Gasteiger charge is -2.43. The number of hydrogen-bond donors (Lipinski definition) is 1. The molecule has 0 spiro atoms. The summed E-state index contributed by atoms with van der Waals surface area (Å²) in [6.45, 7) is 0. The maximum Gasteiger partial charge on any atom is 0.395 e. The molecule has 2 nitrogen and oxygen atoms in total. The summed E-state index contributed by atoms with van der Waals surface area (Å²) in [5.74, 6) is -24.7. The van der Waals surface area contributed by atoms with E-state index in [-0.39, 0.29) is 0 Å². The van der Waals surface area contributed by atoms with Crippen LogP contribution in [-0.2, 0) is 4.79 Å². The summed E-state index contributed by atoms with van der Waals surface area (Å²) in [5.41, 5.74) is 0. The monoisotopic (exact) mass is 478 g/mol. The number of carbonyl (C=O) groups is 1. The highest BCUT2D eigenvalue weighted by Crippen LogP contribution is 2.64. The van der Waals surface area contributed by atoms with E-state index in [2.05, 4.69) is 46.4 Å². The van der Waals surface area contributed by atoms with Crippen molar-refractivity contribution >= 4 is 52.4 Å². The molecule has 0 rings (SSSR count). The van der Waals surface area contributed by atoms with Crippen LogP contribution >= 0.6 is 46.4 Å². The van der Waals surface area contributed by atoms with E-state index >= 15 is 0 Å². The summed E-state index contributed by atoms with van der Waals surface area (Å²) in [4.78, 5) is 10.0. The molecular weight excluding hydrogens is 479 g/mol. The van der Waals surface area contributed by atoms with Crippen LogP contribution in [0.2, 0.25) is 0 Å². The van der Waals surface area contributed by atoms with Gasteiger partial charge in [0.15, 0.2) is 0 Å². The molecule has 1 N–H and O–H groups in total. The fourth-order valence-electron chi connectivity index (χ4n) is 1.10. The highest BCUT2D eigenvalue weighted by molar-refractivity contribution is 6.34. The molecule has 0 aromatic heterocycles. The van der Waals surface area contributed by atoms with Gasteiger partial charge >= 0.3 is 44.5 Å². The van der Waals surface area contributed by atoms with Crippen molar-refractivity contribution in [3.8, 4) is 0 Å². The SMILES string of the molecule is O=C(O)C(F)(F)[C@](F)(Cl)C(F)(F)[C@@](F)(Cl)C(F)(F)[C@@](F)(Cl)C(F)(F)Cl. The third-order valence-electron chi connectivity index (χ3n) is 2.60. The van der Waals surface area contributed by atoms with Crippen LogP contribution in [0.5, 0.6) is 0 Å². The Morgan fingerprint density at radius 2 is 0.880 bits per heavy atom. The van der Waals surface area contributed by atoms with E-state index in [1.807, 2.05) is 0 Å². The molecule has 0 saturated heterocycles. The molecule has 0 fully saturated rings. The summed E-state index contributed by atoms with van der Waals surface area (Å²) < 4.78 is 145. The number of halogens is 15. The van der Waals surface area contributed by atoms with E-state index in [1.165, 1.54) is 0 Å². The topological polar surface area (TPSA) is 37.3 Å². The van der Waals surface area contributed by atoms with E-state index in [0.717, 1.165) is 0 Å². The highest BCUT2D eigenvalue weighted by Gasteiger charge is 2.90. The maximum atomic E-state index is 13.7. The Labute approximate surface area is 149 Å². The molecule has 0 aliphatic carbocycles. The van der Waals surface area contributed by atoms with E-state index < -0.39 is 44.5 Å². The van der Waals surface area contributed by atoms with E-state index in [0.29, 0.717) is 0 Å². The lowest BCUT2D eigenvalue weighted by Crippen LogP contribution is -2.72. The van der Waals surface area contributed by atoms with Crippen molar-refractivity contribution in [3.05, 3.63) is 0 Å². The van der Waals surface area contributed by atoms with Gasteiger partial charge in [0.25, 0.3) is 0 Å². The molecule has 25 heavy (non-hydrogen) atoms. The van der Waals surface area contributed by atoms with Gasteiger partial charge in [-0.05, 0) is 11.6 Å². The molecule has 0 unspecified atom stereocenters. The lowest BCUT2D eigenvalue weighted by molar-refractivity contribution is -0.305. The molecule has 150 valence electrons. The first-order valence-electron chi connectivity index (χ1n) is 5.01. The summed E-state index contributed by atoms with van der Waals surface area (Å²) in [6.07, 6.45) is 0. The first-order valence-corrected chi connectivity index (χ1v) is 6.52. The number of rotatable bonds is 7. The largest absolute Gasteiger partial charge is 0.477 e. The Balaban J connectivity index is 6.55. The third kappa shape index (κ3) is 3.18. The zero-order valence-electron chi connectivity index (χ0n) is 10.5. The van der Waals surface area contributed by atoms with Crippen LogP contribution in [0.3, 0.4) is 0 Å². The van der Waals surface area contributed by atoms with Crippen molar-refractivity contribution in [1.82, 2.24) is 0 Å². The van der Waals surface area contributed by atoms with Crippen molar-refractivity contribution in [2.24, 2.45) is 0 Å². The van der Waals surface area contributed by atoms with Gasteiger partial charge in [0.05, 0.1) is 0 Å². The molecule has 0 aliphatic heterocycles. The quantitative estimate of drug-likeness (QED) is 0.385. The smallest absolute Gasteiger partial charge is 0.395 e. The molecule has 0 aliphatic rings. The predicted molar refractivity (Wildman–Crippen MR) is 62.4 cm³/mol. The van der Waals surface area contributed by atoms with Crippen LogP contribution in [0.4, 0.5) is 48.3 Å². The molecule has 3 atom stereocenters. The Morgan fingerprint density at radius 1 is 0.600 bits per heavy atom. The van der Waals surface area contributed by atoms with Gasteiger partial charge in [-0.2, -0.15) is 35.1 Å². The minimum absolute atomic E-state index is 3.76. The summed E-state index contributed by atoms with van der Waals surface area (Å²) in [6, 6.07) is 0. The van der Waals surface area contributed by atoms with Gasteiger partial charge in [0.2, 0.25) is 0 Å². The van der Waals surface area contributed by atoms with Gasteiger partial charge < -0.3 is 5.11 Å².